The van der Waals surface area contributed by atoms with Crippen LogP contribution in [0.25, 0.3) is 0 Å². The minimum absolute atomic E-state index is 0.0359. The quantitative estimate of drug-likeness (QED) is 0.652. The molecule has 0 heterocycles. The normalized spacial score (nSPS) is 10.9. The van der Waals surface area contributed by atoms with Crippen molar-refractivity contribution in [3.05, 3.63) is 71.8 Å². The number of benzene rings is 2. The van der Waals surface area contributed by atoms with Crippen molar-refractivity contribution in [1.29, 1.82) is 0 Å². The lowest BCUT2D eigenvalue weighted by Gasteiger charge is -2.12. The van der Waals surface area contributed by atoms with E-state index in [1.807, 2.05) is 0 Å². The van der Waals surface area contributed by atoms with Crippen LogP contribution in [0.2, 0.25) is 0 Å². The van der Waals surface area contributed by atoms with Gasteiger partial charge >= 0.3 is 11.9 Å². The molecule has 0 amide bonds. The summed E-state index contributed by atoms with van der Waals surface area (Å²) in [6.45, 7) is 3.54. The Morgan fingerprint density at radius 1 is 1.04 bits per heavy atom. The number of hydrogen-bond acceptors (Lipinski definition) is 4. The Labute approximate surface area is 144 Å². The van der Waals surface area contributed by atoms with E-state index in [0.717, 1.165) is 0 Å². The maximum absolute atomic E-state index is 12.5. The molecule has 0 unspecified atom stereocenters. The molecule has 0 aromatic heterocycles. The second-order valence-corrected chi connectivity index (χ2v) is 6.73. The van der Waals surface area contributed by atoms with Gasteiger partial charge in [-0.2, -0.15) is 0 Å². The van der Waals surface area contributed by atoms with Crippen LogP contribution in [0.4, 0.5) is 5.69 Å². The number of anilines is 1. The summed E-state index contributed by atoms with van der Waals surface area (Å²) < 4.78 is 27.3. The van der Waals surface area contributed by atoms with Crippen molar-refractivity contribution >= 4 is 27.6 Å². The highest BCUT2D eigenvalue weighted by Crippen LogP contribution is 2.22. The fraction of sp³-hybridized carbons (Fsp3) is 0.0588. The van der Waals surface area contributed by atoms with Crippen LogP contribution < -0.4 is 4.72 Å². The molecule has 8 heteroatoms. The van der Waals surface area contributed by atoms with Crippen molar-refractivity contribution < 1.29 is 28.2 Å². The van der Waals surface area contributed by atoms with E-state index in [9.17, 15) is 18.0 Å². The van der Waals surface area contributed by atoms with Crippen molar-refractivity contribution in [2.45, 2.75) is 11.3 Å². The van der Waals surface area contributed by atoms with E-state index in [4.69, 9.17) is 10.2 Å². The average Bonchev–Trinajstić information content (AvgIpc) is 2.54. The highest BCUT2D eigenvalue weighted by Gasteiger charge is 2.22. The molecule has 0 aliphatic rings. The lowest BCUT2D eigenvalue weighted by atomic mass is 10.0. The van der Waals surface area contributed by atoms with Crippen molar-refractivity contribution in [3.8, 4) is 0 Å². The number of carboxylic acid groups (broad SMARTS) is 2. The highest BCUT2D eigenvalue weighted by molar-refractivity contribution is 7.92. The Balaban J connectivity index is 2.45. The third kappa shape index (κ3) is 4.04. The summed E-state index contributed by atoms with van der Waals surface area (Å²) in [5.74, 6) is -2.50. The molecule has 2 rings (SSSR count). The minimum Gasteiger partial charge on any atom is -0.478 e. The van der Waals surface area contributed by atoms with E-state index in [-0.39, 0.29) is 28.1 Å². The number of rotatable bonds is 7. The first-order valence-corrected chi connectivity index (χ1v) is 8.57. The standard InChI is InChI=1S/C17H15NO6S/c1-2-5-11-10-12(8-9-13(11)16(19)20)18-25(23,24)15-7-4-3-6-14(15)17(21)22/h2-4,6-10,18H,1,5H2,(H,19,20)(H,21,22). The van der Waals surface area contributed by atoms with Gasteiger partial charge in [0.2, 0.25) is 0 Å². The van der Waals surface area contributed by atoms with Gasteiger partial charge in [0, 0.05) is 5.69 Å². The summed E-state index contributed by atoms with van der Waals surface area (Å²) in [6.07, 6.45) is 1.74. The van der Waals surface area contributed by atoms with E-state index >= 15 is 0 Å². The maximum Gasteiger partial charge on any atom is 0.337 e. The number of sulfonamides is 1. The number of aromatic carboxylic acids is 2. The fourth-order valence-electron chi connectivity index (χ4n) is 2.28. The lowest BCUT2D eigenvalue weighted by molar-refractivity contribution is 0.0683. The van der Waals surface area contributed by atoms with Crippen LogP contribution in [0, 0.1) is 0 Å². The van der Waals surface area contributed by atoms with Crippen molar-refractivity contribution in [2.24, 2.45) is 0 Å². The van der Waals surface area contributed by atoms with Crippen molar-refractivity contribution in [1.82, 2.24) is 0 Å². The molecule has 3 N–H and O–H groups in total. The Morgan fingerprint density at radius 3 is 2.28 bits per heavy atom. The molecule has 2 aromatic carbocycles. The van der Waals surface area contributed by atoms with Crippen LogP contribution >= 0.6 is 0 Å². The summed E-state index contributed by atoms with van der Waals surface area (Å²) >= 11 is 0. The van der Waals surface area contributed by atoms with Crippen LogP contribution in [-0.4, -0.2) is 30.6 Å². The zero-order valence-corrected chi connectivity index (χ0v) is 13.8. The molecule has 130 valence electrons. The Kier molecular flexibility index (Phi) is 5.23. The molecular formula is C17H15NO6S. The molecule has 0 fully saturated rings. The zero-order valence-electron chi connectivity index (χ0n) is 13.0. The molecule has 25 heavy (non-hydrogen) atoms. The van der Waals surface area contributed by atoms with E-state index in [1.165, 1.54) is 48.5 Å². The molecule has 0 saturated carbocycles. The monoisotopic (exact) mass is 361 g/mol. The third-order valence-electron chi connectivity index (χ3n) is 3.36. The summed E-state index contributed by atoms with van der Waals surface area (Å²) in [5.41, 5.74) is 0.188. The Hall–Kier alpha value is -3.13. The molecule has 0 aliphatic heterocycles. The number of allylic oxidation sites excluding steroid dienone is 1. The first kappa shape index (κ1) is 18.2. The van der Waals surface area contributed by atoms with Gasteiger partial charge in [0.15, 0.2) is 0 Å². The third-order valence-corrected chi connectivity index (χ3v) is 4.80. The lowest BCUT2D eigenvalue weighted by Crippen LogP contribution is -2.17. The van der Waals surface area contributed by atoms with Gasteiger partial charge in [-0.3, -0.25) is 4.72 Å². The predicted molar refractivity (Wildman–Crippen MR) is 91.5 cm³/mol. The van der Waals surface area contributed by atoms with Gasteiger partial charge in [0.1, 0.15) is 4.90 Å². The van der Waals surface area contributed by atoms with Gasteiger partial charge in [-0.25, -0.2) is 18.0 Å². The minimum atomic E-state index is -4.16. The SMILES string of the molecule is C=CCc1cc(NS(=O)(=O)c2ccccc2C(=O)O)ccc1C(=O)O. The van der Waals surface area contributed by atoms with Crippen LogP contribution in [-0.2, 0) is 16.4 Å². The van der Waals surface area contributed by atoms with Gasteiger partial charge in [-0.1, -0.05) is 18.2 Å². The molecule has 0 bridgehead atoms. The van der Waals surface area contributed by atoms with Gasteiger partial charge in [0.25, 0.3) is 10.0 Å². The van der Waals surface area contributed by atoms with Crippen LogP contribution in [0.3, 0.4) is 0 Å². The van der Waals surface area contributed by atoms with E-state index in [0.29, 0.717) is 5.56 Å². The second-order valence-electron chi connectivity index (χ2n) is 5.08. The molecule has 0 saturated heterocycles. The topological polar surface area (TPSA) is 121 Å². The second kappa shape index (κ2) is 7.18. The first-order chi connectivity index (χ1) is 11.8. The van der Waals surface area contributed by atoms with Crippen LogP contribution in [0.5, 0.6) is 0 Å². The Morgan fingerprint density at radius 2 is 1.68 bits per heavy atom. The van der Waals surface area contributed by atoms with Gasteiger partial charge < -0.3 is 10.2 Å². The number of nitrogens with one attached hydrogen (secondary N) is 1. The van der Waals surface area contributed by atoms with E-state index < -0.39 is 22.0 Å². The fourth-order valence-corrected chi connectivity index (χ4v) is 3.53. The summed E-state index contributed by atoms with van der Waals surface area (Å²) in [7, 11) is -4.16. The van der Waals surface area contributed by atoms with E-state index in [1.54, 1.807) is 0 Å². The smallest absolute Gasteiger partial charge is 0.337 e. The van der Waals surface area contributed by atoms with Crippen molar-refractivity contribution in [3.63, 3.8) is 0 Å². The molecule has 0 aliphatic carbocycles. The van der Waals surface area contributed by atoms with E-state index in [2.05, 4.69) is 11.3 Å². The highest BCUT2D eigenvalue weighted by atomic mass is 32.2. The molecule has 0 radical (unpaired) electrons. The van der Waals surface area contributed by atoms with Crippen LogP contribution in [0.15, 0.2) is 60.0 Å². The predicted octanol–water partition coefficient (Wildman–Crippen LogP) is 2.61. The Bertz CT molecular complexity index is 949. The summed E-state index contributed by atoms with van der Waals surface area (Å²) in [4.78, 5) is 22.0. The van der Waals surface area contributed by atoms with Crippen molar-refractivity contribution in [2.75, 3.05) is 4.72 Å². The summed E-state index contributed by atoms with van der Waals surface area (Å²) in [6, 6.07) is 9.17. The number of carbonyl (C=O) groups is 2. The molecule has 7 nitrogen and oxygen atoms in total. The van der Waals surface area contributed by atoms with Gasteiger partial charge in [0.05, 0.1) is 11.1 Å². The number of carboxylic acids is 2. The largest absolute Gasteiger partial charge is 0.478 e. The molecule has 0 atom stereocenters. The zero-order chi connectivity index (χ0) is 18.6. The maximum atomic E-state index is 12.5. The van der Waals surface area contributed by atoms with Gasteiger partial charge in [-0.15, -0.1) is 6.58 Å². The number of hydrogen-bond donors (Lipinski definition) is 3. The van der Waals surface area contributed by atoms with Gasteiger partial charge in [-0.05, 0) is 42.3 Å². The summed E-state index contributed by atoms with van der Waals surface area (Å²) in [5, 5.41) is 18.3. The average molecular weight is 361 g/mol. The first-order valence-electron chi connectivity index (χ1n) is 7.08. The molecule has 0 spiro atoms. The van der Waals surface area contributed by atoms with Crippen LogP contribution in [0.1, 0.15) is 26.3 Å². The molecular weight excluding hydrogens is 346 g/mol. The molecule has 2 aromatic rings.